The molecule has 1 fully saturated rings. The monoisotopic (exact) mass is 290 g/mol. The van der Waals surface area contributed by atoms with E-state index < -0.39 is 5.97 Å². The molecule has 5 nitrogen and oxygen atoms in total. The van der Waals surface area contributed by atoms with E-state index >= 15 is 0 Å². The Morgan fingerprint density at radius 1 is 1.38 bits per heavy atom. The predicted octanol–water partition coefficient (Wildman–Crippen LogP) is 1.36. The van der Waals surface area contributed by atoms with Crippen LogP contribution in [0.3, 0.4) is 0 Å². The molecular formula is C16H22N2O3. The molecule has 21 heavy (non-hydrogen) atoms. The number of hydrogen-bond acceptors (Lipinski definition) is 3. The lowest BCUT2D eigenvalue weighted by atomic mass is 10.1. The van der Waals surface area contributed by atoms with Gasteiger partial charge in [0.05, 0.1) is 12.5 Å². The van der Waals surface area contributed by atoms with E-state index in [1.807, 2.05) is 36.1 Å². The maximum atomic E-state index is 12.2. The fraction of sp³-hybridized carbons (Fsp3) is 0.500. The quantitative estimate of drug-likeness (QED) is 0.889. The molecule has 1 saturated heterocycles. The average molecular weight is 290 g/mol. The summed E-state index contributed by atoms with van der Waals surface area (Å²) in [7, 11) is 1.79. The number of amides is 1. The third kappa shape index (κ3) is 4.04. The summed E-state index contributed by atoms with van der Waals surface area (Å²) < 4.78 is 0. The molecule has 0 radical (unpaired) electrons. The van der Waals surface area contributed by atoms with Gasteiger partial charge in [-0.05, 0) is 31.0 Å². The Bertz CT molecular complexity index is 530. The summed E-state index contributed by atoms with van der Waals surface area (Å²) in [6, 6.07) is 8.01. The topological polar surface area (TPSA) is 60.9 Å². The highest BCUT2D eigenvalue weighted by atomic mass is 16.4. The van der Waals surface area contributed by atoms with E-state index in [1.54, 1.807) is 11.9 Å². The molecule has 1 aliphatic rings. The Hall–Kier alpha value is -1.88. The molecule has 0 bridgehead atoms. The van der Waals surface area contributed by atoms with Gasteiger partial charge in [0.1, 0.15) is 0 Å². The second-order valence-corrected chi connectivity index (χ2v) is 5.74. The minimum atomic E-state index is -0.766. The summed E-state index contributed by atoms with van der Waals surface area (Å²) in [5.41, 5.74) is 2.31. The second-order valence-electron chi connectivity index (χ2n) is 5.74. The molecule has 1 aromatic carbocycles. The highest BCUT2D eigenvalue weighted by molar-refractivity contribution is 5.78. The number of rotatable bonds is 5. The second kappa shape index (κ2) is 6.72. The summed E-state index contributed by atoms with van der Waals surface area (Å²) in [5, 5.41) is 8.98. The van der Waals surface area contributed by atoms with Gasteiger partial charge in [-0.2, -0.15) is 0 Å². The zero-order valence-corrected chi connectivity index (χ0v) is 12.6. The van der Waals surface area contributed by atoms with Crippen molar-refractivity contribution in [2.45, 2.75) is 19.9 Å². The first kappa shape index (κ1) is 15.5. The van der Waals surface area contributed by atoms with Gasteiger partial charge in [-0.3, -0.25) is 14.5 Å². The van der Waals surface area contributed by atoms with E-state index in [-0.39, 0.29) is 11.8 Å². The number of hydrogen-bond donors (Lipinski definition) is 1. The number of nitrogens with zero attached hydrogens (tertiary/aromatic N) is 2. The SMILES string of the molecule is Cc1ccccc1CN(C)C(=O)CN1CC[C@@H](C(=O)O)C1. The third-order valence-corrected chi connectivity index (χ3v) is 4.08. The average Bonchev–Trinajstić information content (AvgIpc) is 2.90. The molecule has 1 atom stereocenters. The van der Waals surface area contributed by atoms with Crippen molar-refractivity contribution < 1.29 is 14.7 Å². The van der Waals surface area contributed by atoms with E-state index in [0.29, 0.717) is 32.6 Å². The Balaban J connectivity index is 1.86. The number of benzene rings is 1. The van der Waals surface area contributed by atoms with Crippen molar-refractivity contribution >= 4 is 11.9 Å². The van der Waals surface area contributed by atoms with Crippen LogP contribution >= 0.6 is 0 Å². The summed E-state index contributed by atoms with van der Waals surface area (Å²) in [5.74, 6) is -1.07. The molecule has 0 saturated carbocycles. The Morgan fingerprint density at radius 3 is 2.71 bits per heavy atom. The van der Waals surface area contributed by atoms with Gasteiger partial charge in [-0.15, -0.1) is 0 Å². The van der Waals surface area contributed by atoms with E-state index in [2.05, 4.69) is 0 Å². The molecule has 1 amide bonds. The summed E-state index contributed by atoms with van der Waals surface area (Å²) in [6.07, 6.45) is 0.629. The highest BCUT2D eigenvalue weighted by Crippen LogP contribution is 2.16. The third-order valence-electron chi connectivity index (χ3n) is 4.08. The number of carbonyl (C=O) groups is 2. The molecule has 0 aromatic heterocycles. The van der Waals surface area contributed by atoms with Crippen LogP contribution in [0.2, 0.25) is 0 Å². The number of aryl methyl sites for hydroxylation is 1. The molecule has 1 N–H and O–H groups in total. The minimum Gasteiger partial charge on any atom is -0.481 e. The first-order chi connectivity index (χ1) is 9.97. The van der Waals surface area contributed by atoms with Gasteiger partial charge in [0.25, 0.3) is 0 Å². The molecule has 5 heteroatoms. The van der Waals surface area contributed by atoms with Crippen molar-refractivity contribution in [1.82, 2.24) is 9.80 Å². The number of carbonyl (C=O) groups excluding carboxylic acids is 1. The maximum Gasteiger partial charge on any atom is 0.307 e. The lowest BCUT2D eigenvalue weighted by Crippen LogP contribution is -2.37. The molecule has 1 heterocycles. The summed E-state index contributed by atoms with van der Waals surface area (Å²) in [4.78, 5) is 26.8. The Morgan fingerprint density at radius 2 is 2.10 bits per heavy atom. The van der Waals surface area contributed by atoms with Gasteiger partial charge in [0.2, 0.25) is 5.91 Å². The van der Waals surface area contributed by atoms with Crippen molar-refractivity contribution in [3.05, 3.63) is 35.4 Å². The van der Waals surface area contributed by atoms with Crippen LogP contribution in [0.25, 0.3) is 0 Å². The van der Waals surface area contributed by atoms with Crippen LogP contribution in [0, 0.1) is 12.8 Å². The van der Waals surface area contributed by atoms with Crippen molar-refractivity contribution in [2.24, 2.45) is 5.92 Å². The number of carboxylic acids is 1. The fourth-order valence-electron chi connectivity index (χ4n) is 2.62. The van der Waals surface area contributed by atoms with Gasteiger partial charge in [-0.25, -0.2) is 0 Å². The van der Waals surface area contributed by atoms with Crippen LogP contribution in [0.15, 0.2) is 24.3 Å². The predicted molar refractivity (Wildman–Crippen MR) is 79.8 cm³/mol. The Kier molecular flexibility index (Phi) is 4.96. The number of carboxylic acid groups (broad SMARTS) is 1. The van der Waals surface area contributed by atoms with Crippen LogP contribution in [0.1, 0.15) is 17.5 Å². The molecule has 1 aromatic rings. The van der Waals surface area contributed by atoms with E-state index in [0.717, 1.165) is 5.56 Å². The standard InChI is InChI=1S/C16H22N2O3/c1-12-5-3-4-6-13(12)9-17(2)15(19)11-18-8-7-14(10-18)16(20)21/h3-6,14H,7-11H2,1-2H3,(H,20,21)/t14-/m1/s1. The van der Waals surface area contributed by atoms with Crippen molar-refractivity contribution in [1.29, 1.82) is 0 Å². The minimum absolute atomic E-state index is 0.0318. The maximum absolute atomic E-state index is 12.2. The molecule has 1 aliphatic heterocycles. The zero-order chi connectivity index (χ0) is 15.4. The van der Waals surface area contributed by atoms with Gasteiger partial charge >= 0.3 is 5.97 Å². The first-order valence-corrected chi connectivity index (χ1v) is 7.21. The summed E-state index contributed by atoms with van der Waals surface area (Å²) in [6.45, 7) is 4.07. The lowest BCUT2D eigenvalue weighted by molar-refractivity contribution is -0.141. The molecule has 0 unspecified atom stereocenters. The molecule has 0 aliphatic carbocycles. The van der Waals surface area contributed by atoms with Crippen molar-refractivity contribution in [3.8, 4) is 0 Å². The summed E-state index contributed by atoms with van der Waals surface area (Å²) >= 11 is 0. The number of likely N-dealkylation sites (N-methyl/N-ethyl adjacent to an activating group) is 1. The molecule has 0 spiro atoms. The molecule has 114 valence electrons. The van der Waals surface area contributed by atoms with Gasteiger partial charge in [0, 0.05) is 20.1 Å². The smallest absolute Gasteiger partial charge is 0.307 e. The molecular weight excluding hydrogens is 268 g/mol. The lowest BCUT2D eigenvalue weighted by Gasteiger charge is -2.22. The normalized spacial score (nSPS) is 18.7. The van der Waals surface area contributed by atoms with Crippen molar-refractivity contribution in [3.63, 3.8) is 0 Å². The van der Waals surface area contributed by atoms with E-state index in [4.69, 9.17) is 5.11 Å². The van der Waals surface area contributed by atoms with Crippen molar-refractivity contribution in [2.75, 3.05) is 26.7 Å². The number of likely N-dealkylation sites (tertiary alicyclic amines) is 1. The highest BCUT2D eigenvalue weighted by Gasteiger charge is 2.29. The van der Waals surface area contributed by atoms with Crippen LogP contribution < -0.4 is 0 Å². The molecule has 2 rings (SSSR count). The van der Waals surface area contributed by atoms with Gasteiger partial charge < -0.3 is 10.0 Å². The Labute approximate surface area is 125 Å². The van der Waals surface area contributed by atoms with Crippen LogP contribution in [0.5, 0.6) is 0 Å². The van der Waals surface area contributed by atoms with E-state index in [9.17, 15) is 9.59 Å². The van der Waals surface area contributed by atoms with Gasteiger partial charge in [0.15, 0.2) is 0 Å². The zero-order valence-electron chi connectivity index (χ0n) is 12.6. The van der Waals surface area contributed by atoms with Crippen LogP contribution in [0.4, 0.5) is 0 Å². The first-order valence-electron chi connectivity index (χ1n) is 7.21. The van der Waals surface area contributed by atoms with Crippen LogP contribution in [-0.4, -0.2) is 53.5 Å². The van der Waals surface area contributed by atoms with Gasteiger partial charge in [-0.1, -0.05) is 24.3 Å². The van der Waals surface area contributed by atoms with E-state index in [1.165, 1.54) is 5.56 Å². The fourth-order valence-corrected chi connectivity index (χ4v) is 2.62. The number of aliphatic carboxylic acids is 1. The largest absolute Gasteiger partial charge is 0.481 e. The van der Waals surface area contributed by atoms with Crippen LogP contribution in [-0.2, 0) is 16.1 Å².